The van der Waals surface area contributed by atoms with Gasteiger partial charge in [-0.05, 0) is 61.5 Å². The molecule has 0 fully saturated rings. The van der Waals surface area contributed by atoms with Crippen LogP contribution in [0.4, 0.5) is 5.69 Å². The molecule has 0 saturated carbocycles. The van der Waals surface area contributed by atoms with E-state index >= 15 is 0 Å². The monoisotopic (exact) mass is 501 g/mol. The van der Waals surface area contributed by atoms with Gasteiger partial charge in [0.1, 0.15) is 5.75 Å². The van der Waals surface area contributed by atoms with Gasteiger partial charge in [-0.2, -0.15) is 5.10 Å². The summed E-state index contributed by atoms with van der Waals surface area (Å²) in [5.41, 5.74) is 3.94. The minimum Gasteiger partial charge on any atom is -0.494 e. The molecule has 160 valence electrons. The van der Waals surface area contributed by atoms with Gasteiger partial charge in [0.05, 0.1) is 17.7 Å². The van der Waals surface area contributed by atoms with E-state index in [1.807, 2.05) is 31.2 Å². The van der Waals surface area contributed by atoms with E-state index < -0.39 is 15.9 Å². The van der Waals surface area contributed by atoms with Gasteiger partial charge in [0.25, 0.3) is 15.9 Å². The van der Waals surface area contributed by atoms with Gasteiger partial charge in [-0.1, -0.05) is 34.1 Å². The Morgan fingerprint density at radius 2 is 1.71 bits per heavy atom. The molecular formula is C22H20BrN3O4S. The SMILES string of the molecule is CCOc1ccc(S(=O)(=O)Nc2ccc(C(=O)N/N=C\c3ccccc3Br)cc2)cc1. The number of nitrogens with zero attached hydrogens (tertiary/aromatic N) is 1. The van der Waals surface area contributed by atoms with Gasteiger partial charge in [-0.3, -0.25) is 9.52 Å². The van der Waals surface area contributed by atoms with E-state index in [0.29, 0.717) is 23.6 Å². The van der Waals surface area contributed by atoms with E-state index in [-0.39, 0.29) is 4.90 Å². The summed E-state index contributed by atoms with van der Waals surface area (Å²) in [7, 11) is -3.76. The van der Waals surface area contributed by atoms with E-state index in [1.54, 1.807) is 12.1 Å². The predicted molar refractivity (Wildman–Crippen MR) is 124 cm³/mol. The molecule has 1 amide bonds. The lowest BCUT2D eigenvalue weighted by atomic mass is 10.2. The topological polar surface area (TPSA) is 96.9 Å². The zero-order valence-corrected chi connectivity index (χ0v) is 19.0. The van der Waals surface area contributed by atoms with Gasteiger partial charge >= 0.3 is 0 Å². The van der Waals surface area contributed by atoms with Crippen LogP contribution in [0.5, 0.6) is 5.75 Å². The normalized spacial score (nSPS) is 11.3. The molecule has 0 aliphatic heterocycles. The molecule has 3 aromatic rings. The Balaban J connectivity index is 1.62. The summed E-state index contributed by atoms with van der Waals surface area (Å²) in [6, 6.07) is 19.7. The summed E-state index contributed by atoms with van der Waals surface area (Å²) in [6.07, 6.45) is 1.53. The molecular weight excluding hydrogens is 482 g/mol. The Hall–Kier alpha value is -3.17. The lowest BCUT2D eigenvalue weighted by molar-refractivity contribution is 0.0955. The lowest BCUT2D eigenvalue weighted by Crippen LogP contribution is -2.18. The number of hydrazone groups is 1. The third-order valence-electron chi connectivity index (χ3n) is 4.12. The van der Waals surface area contributed by atoms with Crippen LogP contribution < -0.4 is 14.9 Å². The fourth-order valence-corrected chi connectivity index (χ4v) is 4.04. The number of hydrogen-bond donors (Lipinski definition) is 2. The number of rotatable bonds is 8. The first-order chi connectivity index (χ1) is 14.9. The van der Waals surface area contributed by atoms with Gasteiger partial charge in [0, 0.05) is 21.3 Å². The summed E-state index contributed by atoms with van der Waals surface area (Å²) >= 11 is 3.40. The second-order valence-corrected chi connectivity index (χ2v) is 8.84. The van der Waals surface area contributed by atoms with E-state index in [4.69, 9.17) is 4.74 Å². The van der Waals surface area contributed by atoms with Crippen molar-refractivity contribution in [2.24, 2.45) is 5.10 Å². The van der Waals surface area contributed by atoms with Gasteiger partial charge in [0.15, 0.2) is 0 Å². The molecule has 3 aromatic carbocycles. The highest BCUT2D eigenvalue weighted by atomic mass is 79.9. The van der Waals surface area contributed by atoms with Crippen molar-refractivity contribution in [2.75, 3.05) is 11.3 Å². The van der Waals surface area contributed by atoms with Crippen molar-refractivity contribution in [2.45, 2.75) is 11.8 Å². The molecule has 3 rings (SSSR count). The molecule has 0 aliphatic carbocycles. The van der Waals surface area contributed by atoms with Gasteiger partial charge in [0.2, 0.25) is 0 Å². The number of carbonyl (C=O) groups excluding carboxylic acids is 1. The Bertz CT molecular complexity index is 1180. The Morgan fingerprint density at radius 3 is 2.35 bits per heavy atom. The molecule has 0 unspecified atom stereocenters. The number of amides is 1. The molecule has 2 N–H and O–H groups in total. The number of sulfonamides is 1. The molecule has 9 heteroatoms. The summed E-state index contributed by atoms with van der Waals surface area (Å²) in [5.74, 6) is 0.184. The molecule has 7 nitrogen and oxygen atoms in total. The molecule has 0 aromatic heterocycles. The Kier molecular flexibility index (Phi) is 7.43. The highest BCUT2D eigenvalue weighted by Gasteiger charge is 2.14. The van der Waals surface area contributed by atoms with Gasteiger partial charge in [-0.25, -0.2) is 13.8 Å². The predicted octanol–water partition coefficient (Wildman–Crippen LogP) is 4.41. The van der Waals surface area contributed by atoms with Crippen LogP contribution in [0.25, 0.3) is 0 Å². The molecule has 0 saturated heterocycles. The highest BCUT2D eigenvalue weighted by Crippen LogP contribution is 2.20. The van der Waals surface area contributed by atoms with Crippen LogP contribution in [0.3, 0.4) is 0 Å². The number of halogens is 1. The third kappa shape index (κ3) is 6.16. The summed E-state index contributed by atoms with van der Waals surface area (Å²) in [6.45, 7) is 2.35. The fourth-order valence-electron chi connectivity index (χ4n) is 2.59. The smallest absolute Gasteiger partial charge is 0.271 e. The van der Waals surface area contributed by atoms with Crippen LogP contribution in [0, 0.1) is 0 Å². The molecule has 0 heterocycles. The molecule has 0 radical (unpaired) electrons. The fraction of sp³-hybridized carbons (Fsp3) is 0.0909. The van der Waals surface area contributed by atoms with Crippen LogP contribution in [-0.2, 0) is 10.0 Å². The molecule has 0 atom stereocenters. The number of carbonyl (C=O) groups is 1. The number of anilines is 1. The third-order valence-corrected chi connectivity index (χ3v) is 6.24. The maximum Gasteiger partial charge on any atom is 0.271 e. The van der Waals surface area contributed by atoms with Crippen LogP contribution in [0.15, 0.2) is 87.3 Å². The van der Waals surface area contributed by atoms with E-state index in [9.17, 15) is 13.2 Å². The molecule has 0 spiro atoms. The summed E-state index contributed by atoms with van der Waals surface area (Å²) < 4.78 is 33.7. The van der Waals surface area contributed by atoms with Gasteiger partial charge < -0.3 is 4.74 Å². The van der Waals surface area contributed by atoms with Crippen molar-refractivity contribution < 1.29 is 17.9 Å². The number of hydrogen-bond acceptors (Lipinski definition) is 5. The zero-order valence-electron chi connectivity index (χ0n) is 16.6. The van der Waals surface area contributed by atoms with Crippen molar-refractivity contribution in [1.82, 2.24) is 5.43 Å². The highest BCUT2D eigenvalue weighted by molar-refractivity contribution is 9.10. The minimum atomic E-state index is -3.76. The van der Waals surface area contributed by atoms with Crippen molar-refractivity contribution in [3.05, 3.63) is 88.4 Å². The first kappa shape index (κ1) is 22.5. The van der Waals surface area contributed by atoms with Crippen LogP contribution in [0.1, 0.15) is 22.8 Å². The first-order valence-corrected chi connectivity index (χ1v) is 11.6. The van der Waals surface area contributed by atoms with Crippen LogP contribution >= 0.6 is 15.9 Å². The van der Waals surface area contributed by atoms with E-state index in [2.05, 4.69) is 31.2 Å². The van der Waals surface area contributed by atoms with Crippen molar-refractivity contribution in [3.63, 3.8) is 0 Å². The largest absolute Gasteiger partial charge is 0.494 e. The molecule has 0 aliphatic rings. The maximum absolute atomic E-state index is 12.5. The minimum absolute atomic E-state index is 0.110. The lowest BCUT2D eigenvalue weighted by Gasteiger charge is -2.09. The second kappa shape index (κ2) is 10.2. The first-order valence-electron chi connectivity index (χ1n) is 9.33. The van der Waals surface area contributed by atoms with Gasteiger partial charge in [-0.15, -0.1) is 0 Å². The summed E-state index contributed by atoms with van der Waals surface area (Å²) in [4.78, 5) is 12.3. The van der Waals surface area contributed by atoms with E-state index in [1.165, 1.54) is 42.6 Å². The summed E-state index contributed by atoms with van der Waals surface area (Å²) in [5, 5.41) is 3.94. The molecule has 31 heavy (non-hydrogen) atoms. The molecule has 0 bridgehead atoms. The van der Waals surface area contributed by atoms with Crippen LogP contribution in [0.2, 0.25) is 0 Å². The number of benzene rings is 3. The maximum atomic E-state index is 12.5. The van der Waals surface area contributed by atoms with E-state index in [0.717, 1.165) is 10.0 Å². The number of nitrogens with one attached hydrogen (secondary N) is 2. The zero-order chi connectivity index (χ0) is 22.3. The van der Waals surface area contributed by atoms with Crippen molar-refractivity contribution in [1.29, 1.82) is 0 Å². The standard InChI is InChI=1S/C22H20BrN3O4S/c1-2-30-19-11-13-20(14-12-19)31(28,29)26-18-9-7-16(8-10-18)22(27)25-24-15-17-5-3-4-6-21(17)23/h3-15,26H,2H2,1H3,(H,25,27)/b24-15-. The van der Waals surface area contributed by atoms with Crippen molar-refractivity contribution >= 4 is 43.8 Å². The van der Waals surface area contributed by atoms with Crippen LogP contribution in [-0.4, -0.2) is 27.1 Å². The second-order valence-electron chi connectivity index (χ2n) is 6.31. The average Bonchev–Trinajstić information content (AvgIpc) is 2.76. The average molecular weight is 502 g/mol. The Morgan fingerprint density at radius 1 is 1.03 bits per heavy atom. The Labute approximate surface area is 189 Å². The van der Waals surface area contributed by atoms with Crippen molar-refractivity contribution in [3.8, 4) is 5.75 Å². The quantitative estimate of drug-likeness (QED) is 0.352. The number of ether oxygens (including phenoxy) is 1.